The third-order valence-electron chi connectivity index (χ3n) is 5.68. The predicted molar refractivity (Wildman–Crippen MR) is 127 cm³/mol. The Morgan fingerprint density at radius 3 is 2.56 bits per heavy atom. The molecule has 1 fully saturated rings. The summed E-state index contributed by atoms with van der Waals surface area (Å²) in [6.07, 6.45) is 3.67. The van der Waals surface area contributed by atoms with Crippen LogP contribution in [0.25, 0.3) is 17.0 Å². The van der Waals surface area contributed by atoms with E-state index in [0.29, 0.717) is 5.78 Å². The molecule has 0 radical (unpaired) electrons. The van der Waals surface area contributed by atoms with E-state index < -0.39 is 0 Å². The Bertz CT molecular complexity index is 1200. The van der Waals surface area contributed by atoms with E-state index >= 15 is 0 Å². The van der Waals surface area contributed by atoms with E-state index in [-0.39, 0.29) is 0 Å². The van der Waals surface area contributed by atoms with Gasteiger partial charge in [0, 0.05) is 50.7 Å². The lowest BCUT2D eigenvalue weighted by Gasteiger charge is -2.34. The van der Waals surface area contributed by atoms with Crippen molar-refractivity contribution in [3.05, 3.63) is 60.0 Å². The van der Waals surface area contributed by atoms with Gasteiger partial charge in [-0.2, -0.15) is 9.50 Å². The van der Waals surface area contributed by atoms with E-state index in [4.69, 9.17) is 4.98 Å². The van der Waals surface area contributed by atoms with E-state index in [1.54, 1.807) is 16.3 Å². The number of fused-ring (bicyclic) bond motifs is 1. The number of thioether (sulfide) groups is 1. The standard InChI is InChI=1S/C23H26N8S/c1-3-32-23-27-22-25-15-19(17(2)31(22)28-23)20-9-10-24-21(26-20)30-13-11-29(12-14-30)16-18-7-5-4-6-8-18/h4-10,15H,3,11-14,16H2,1-2H3. The molecule has 0 atom stereocenters. The van der Waals surface area contributed by atoms with Crippen molar-refractivity contribution in [1.82, 2.24) is 34.4 Å². The summed E-state index contributed by atoms with van der Waals surface area (Å²) >= 11 is 1.61. The molecule has 1 aliphatic heterocycles. The van der Waals surface area contributed by atoms with Crippen molar-refractivity contribution in [2.45, 2.75) is 25.5 Å². The van der Waals surface area contributed by atoms with Crippen molar-refractivity contribution >= 4 is 23.5 Å². The molecular weight excluding hydrogens is 420 g/mol. The average Bonchev–Trinajstić information content (AvgIpc) is 3.25. The Morgan fingerprint density at radius 2 is 1.78 bits per heavy atom. The summed E-state index contributed by atoms with van der Waals surface area (Å²) in [6.45, 7) is 8.91. The number of nitrogens with zero attached hydrogens (tertiary/aromatic N) is 8. The van der Waals surface area contributed by atoms with Crippen LogP contribution in [0.4, 0.5) is 5.95 Å². The molecule has 0 saturated carbocycles. The van der Waals surface area contributed by atoms with E-state index in [2.05, 4.69) is 67.1 Å². The number of piperazine rings is 1. The van der Waals surface area contributed by atoms with Gasteiger partial charge >= 0.3 is 0 Å². The fourth-order valence-corrected chi connectivity index (χ4v) is 4.51. The Kier molecular flexibility index (Phi) is 6.00. The molecule has 0 aliphatic carbocycles. The Balaban J connectivity index is 1.32. The van der Waals surface area contributed by atoms with Crippen LogP contribution in [-0.2, 0) is 6.54 Å². The minimum atomic E-state index is 0.617. The minimum absolute atomic E-state index is 0.617. The van der Waals surface area contributed by atoms with Gasteiger partial charge in [-0.1, -0.05) is 49.0 Å². The molecule has 1 saturated heterocycles. The Morgan fingerprint density at radius 1 is 0.969 bits per heavy atom. The predicted octanol–water partition coefficient (Wildman–Crippen LogP) is 3.32. The second-order valence-electron chi connectivity index (χ2n) is 7.79. The van der Waals surface area contributed by atoms with Crippen molar-refractivity contribution in [3.8, 4) is 11.3 Å². The first-order valence-corrected chi connectivity index (χ1v) is 11.9. The maximum absolute atomic E-state index is 4.88. The van der Waals surface area contributed by atoms with Crippen molar-refractivity contribution < 1.29 is 0 Å². The molecule has 1 aliphatic rings. The lowest BCUT2D eigenvalue weighted by molar-refractivity contribution is 0.248. The molecule has 32 heavy (non-hydrogen) atoms. The number of aromatic nitrogens is 6. The largest absolute Gasteiger partial charge is 0.338 e. The third-order valence-corrected chi connectivity index (χ3v) is 6.40. The fourth-order valence-electron chi connectivity index (χ4n) is 3.96. The van der Waals surface area contributed by atoms with Crippen LogP contribution >= 0.6 is 11.8 Å². The monoisotopic (exact) mass is 446 g/mol. The summed E-state index contributed by atoms with van der Waals surface area (Å²) in [5, 5.41) is 5.34. The van der Waals surface area contributed by atoms with Gasteiger partial charge in [-0.25, -0.2) is 15.0 Å². The molecule has 3 aromatic heterocycles. The van der Waals surface area contributed by atoms with Crippen molar-refractivity contribution in [2.24, 2.45) is 0 Å². The summed E-state index contributed by atoms with van der Waals surface area (Å²) in [5.41, 5.74) is 4.13. The van der Waals surface area contributed by atoms with E-state index in [9.17, 15) is 0 Å². The summed E-state index contributed by atoms with van der Waals surface area (Å²) in [6, 6.07) is 12.6. The highest BCUT2D eigenvalue weighted by Crippen LogP contribution is 2.24. The van der Waals surface area contributed by atoms with Gasteiger partial charge < -0.3 is 4.90 Å². The number of benzene rings is 1. The first kappa shape index (κ1) is 20.8. The second-order valence-corrected chi connectivity index (χ2v) is 9.02. The Hall–Kier alpha value is -3.04. The fraction of sp³-hybridized carbons (Fsp3) is 0.348. The molecule has 0 amide bonds. The molecule has 0 unspecified atom stereocenters. The van der Waals surface area contributed by atoms with Gasteiger partial charge in [0.1, 0.15) is 0 Å². The van der Waals surface area contributed by atoms with Gasteiger partial charge in [-0.15, -0.1) is 5.10 Å². The maximum atomic E-state index is 4.88. The summed E-state index contributed by atoms with van der Waals surface area (Å²) in [5.74, 6) is 2.31. The van der Waals surface area contributed by atoms with Gasteiger partial charge in [-0.05, 0) is 24.3 Å². The topological polar surface area (TPSA) is 75.3 Å². The molecule has 0 N–H and O–H groups in total. The molecule has 9 heteroatoms. The van der Waals surface area contributed by atoms with Gasteiger partial charge in [0.25, 0.3) is 5.78 Å². The second kappa shape index (κ2) is 9.22. The molecule has 164 valence electrons. The number of hydrogen-bond acceptors (Lipinski definition) is 8. The molecule has 5 rings (SSSR count). The van der Waals surface area contributed by atoms with E-state index in [1.807, 2.05) is 25.4 Å². The third kappa shape index (κ3) is 4.31. The number of hydrogen-bond donors (Lipinski definition) is 0. The molecule has 8 nitrogen and oxygen atoms in total. The van der Waals surface area contributed by atoms with Gasteiger partial charge in [0.2, 0.25) is 11.1 Å². The first-order chi connectivity index (χ1) is 15.7. The highest BCUT2D eigenvalue weighted by molar-refractivity contribution is 7.99. The normalized spacial score (nSPS) is 14.9. The zero-order chi connectivity index (χ0) is 21.9. The molecule has 0 bridgehead atoms. The van der Waals surface area contributed by atoms with Gasteiger partial charge in [-0.3, -0.25) is 4.90 Å². The maximum Gasteiger partial charge on any atom is 0.253 e. The first-order valence-electron chi connectivity index (χ1n) is 10.9. The highest BCUT2D eigenvalue weighted by atomic mass is 32.2. The highest BCUT2D eigenvalue weighted by Gasteiger charge is 2.20. The van der Waals surface area contributed by atoms with Crippen LogP contribution in [0.2, 0.25) is 0 Å². The van der Waals surface area contributed by atoms with Crippen LogP contribution in [0, 0.1) is 6.92 Å². The van der Waals surface area contributed by atoms with Crippen LogP contribution < -0.4 is 4.90 Å². The van der Waals surface area contributed by atoms with Crippen LogP contribution in [0.1, 0.15) is 18.2 Å². The van der Waals surface area contributed by atoms with Gasteiger partial charge in [0.15, 0.2) is 0 Å². The molecule has 4 aromatic rings. The molecule has 4 heterocycles. The zero-order valence-electron chi connectivity index (χ0n) is 18.3. The van der Waals surface area contributed by atoms with Crippen LogP contribution in [0.15, 0.2) is 53.9 Å². The van der Waals surface area contributed by atoms with Crippen LogP contribution in [-0.4, -0.2) is 66.4 Å². The zero-order valence-corrected chi connectivity index (χ0v) is 19.2. The summed E-state index contributed by atoms with van der Waals surface area (Å²) in [4.78, 5) is 23.2. The number of aryl methyl sites for hydroxylation is 1. The van der Waals surface area contributed by atoms with E-state index in [0.717, 1.165) is 66.5 Å². The Labute approximate surface area is 191 Å². The number of anilines is 1. The average molecular weight is 447 g/mol. The lowest BCUT2D eigenvalue weighted by Crippen LogP contribution is -2.46. The summed E-state index contributed by atoms with van der Waals surface area (Å²) in [7, 11) is 0. The molecule has 1 aromatic carbocycles. The molecular formula is C23H26N8S. The minimum Gasteiger partial charge on any atom is -0.338 e. The smallest absolute Gasteiger partial charge is 0.253 e. The number of rotatable bonds is 6. The summed E-state index contributed by atoms with van der Waals surface area (Å²) < 4.78 is 1.80. The molecule has 0 spiro atoms. The quantitative estimate of drug-likeness (QED) is 0.418. The van der Waals surface area contributed by atoms with Gasteiger partial charge in [0.05, 0.1) is 11.4 Å². The van der Waals surface area contributed by atoms with E-state index in [1.165, 1.54) is 5.56 Å². The van der Waals surface area contributed by atoms with Crippen molar-refractivity contribution in [3.63, 3.8) is 0 Å². The SMILES string of the molecule is CCSc1nc2ncc(-c3ccnc(N4CCN(Cc5ccccc5)CC4)n3)c(C)n2n1. The van der Waals surface area contributed by atoms with Crippen LogP contribution in [0.3, 0.4) is 0 Å². The van der Waals surface area contributed by atoms with Crippen molar-refractivity contribution in [1.29, 1.82) is 0 Å². The van der Waals surface area contributed by atoms with Crippen LogP contribution in [0.5, 0.6) is 0 Å². The lowest BCUT2D eigenvalue weighted by atomic mass is 10.2. The van der Waals surface area contributed by atoms with Crippen molar-refractivity contribution in [2.75, 3.05) is 36.8 Å².